The molecule has 0 aliphatic heterocycles. The van der Waals surface area contributed by atoms with E-state index >= 15 is 0 Å². The van der Waals surface area contributed by atoms with Crippen molar-refractivity contribution in [2.75, 3.05) is 6.54 Å². The average molecular weight is 272 g/mol. The molecular weight excluding hydrogens is 248 g/mol. The van der Waals surface area contributed by atoms with Crippen LogP contribution in [0.4, 0.5) is 0 Å². The quantitative estimate of drug-likeness (QED) is 0.827. The van der Waals surface area contributed by atoms with Gasteiger partial charge in [-0.2, -0.15) is 0 Å². The van der Waals surface area contributed by atoms with Crippen molar-refractivity contribution in [3.05, 3.63) is 34.9 Å². The maximum atomic E-state index is 12.3. The van der Waals surface area contributed by atoms with Crippen molar-refractivity contribution < 1.29 is 4.79 Å². The van der Waals surface area contributed by atoms with Gasteiger partial charge in [-0.1, -0.05) is 38.7 Å². The minimum Gasteiger partial charge on any atom is -0.349 e. The van der Waals surface area contributed by atoms with Crippen molar-refractivity contribution in [1.29, 1.82) is 0 Å². The zero-order chi connectivity index (χ0) is 15.1. The summed E-state index contributed by atoms with van der Waals surface area (Å²) in [6.45, 7) is 8.61. The molecule has 3 N–H and O–H groups in total. The molecule has 1 aromatic carbocycles. The molecule has 0 bridgehead atoms. The van der Waals surface area contributed by atoms with E-state index in [2.05, 4.69) is 37.9 Å². The van der Waals surface area contributed by atoms with Crippen LogP contribution in [0.15, 0.2) is 18.2 Å². The molecule has 0 aromatic heterocycles. The van der Waals surface area contributed by atoms with Gasteiger partial charge < -0.3 is 11.1 Å². The summed E-state index contributed by atoms with van der Waals surface area (Å²) in [4.78, 5) is 12.3. The van der Waals surface area contributed by atoms with Crippen molar-refractivity contribution in [2.24, 2.45) is 11.7 Å². The first-order chi connectivity index (χ1) is 9.49. The lowest BCUT2D eigenvalue weighted by Crippen LogP contribution is -2.38. The average Bonchev–Trinajstić information content (AvgIpc) is 2.43. The summed E-state index contributed by atoms with van der Waals surface area (Å²) in [6.07, 6.45) is 0.926. The molecule has 0 radical (unpaired) electrons. The summed E-state index contributed by atoms with van der Waals surface area (Å²) < 4.78 is 0. The van der Waals surface area contributed by atoms with Crippen molar-refractivity contribution in [3.8, 4) is 11.8 Å². The molecule has 1 aromatic rings. The predicted octanol–water partition coefficient (Wildman–Crippen LogP) is 2.47. The summed E-state index contributed by atoms with van der Waals surface area (Å²) in [7, 11) is 0. The number of benzene rings is 1. The lowest BCUT2D eigenvalue weighted by Gasteiger charge is -2.20. The van der Waals surface area contributed by atoms with Crippen molar-refractivity contribution >= 4 is 5.91 Å². The van der Waals surface area contributed by atoms with Gasteiger partial charge in [0.05, 0.1) is 6.54 Å². The van der Waals surface area contributed by atoms with Gasteiger partial charge in [-0.3, -0.25) is 4.79 Å². The van der Waals surface area contributed by atoms with Crippen LogP contribution in [0.2, 0.25) is 0 Å². The van der Waals surface area contributed by atoms with Crippen LogP contribution in [0.3, 0.4) is 0 Å². The zero-order valence-corrected chi connectivity index (χ0v) is 12.8. The maximum Gasteiger partial charge on any atom is 0.251 e. The van der Waals surface area contributed by atoms with Gasteiger partial charge in [-0.15, -0.1) is 0 Å². The highest BCUT2D eigenvalue weighted by molar-refractivity contribution is 5.94. The number of aryl methyl sites for hydroxylation is 1. The molecule has 0 heterocycles. The number of amides is 1. The molecule has 1 rings (SSSR count). The van der Waals surface area contributed by atoms with Crippen LogP contribution in [0.25, 0.3) is 0 Å². The van der Waals surface area contributed by atoms with E-state index in [1.807, 2.05) is 25.1 Å². The topological polar surface area (TPSA) is 55.1 Å². The van der Waals surface area contributed by atoms with E-state index in [-0.39, 0.29) is 11.9 Å². The predicted molar refractivity (Wildman–Crippen MR) is 83.5 cm³/mol. The lowest BCUT2D eigenvalue weighted by atomic mass is 10.0. The van der Waals surface area contributed by atoms with Crippen molar-refractivity contribution in [3.63, 3.8) is 0 Å². The maximum absolute atomic E-state index is 12.3. The molecular formula is C17H24N2O. The third kappa shape index (κ3) is 4.40. The van der Waals surface area contributed by atoms with Crippen LogP contribution in [0, 0.1) is 24.7 Å². The van der Waals surface area contributed by atoms with Crippen LogP contribution in [0.5, 0.6) is 0 Å². The van der Waals surface area contributed by atoms with Crippen molar-refractivity contribution in [2.45, 2.75) is 40.2 Å². The molecule has 3 heteroatoms. The number of carbonyl (C=O) groups excluding carboxylic acids is 1. The van der Waals surface area contributed by atoms with E-state index in [4.69, 9.17) is 5.73 Å². The second-order valence-corrected chi connectivity index (χ2v) is 5.27. The monoisotopic (exact) mass is 272 g/mol. The smallest absolute Gasteiger partial charge is 0.251 e. The number of nitrogens with one attached hydrogen (secondary N) is 1. The molecule has 0 saturated carbocycles. The molecule has 20 heavy (non-hydrogen) atoms. The van der Waals surface area contributed by atoms with E-state index in [1.165, 1.54) is 0 Å². The third-order valence-corrected chi connectivity index (χ3v) is 3.39. The zero-order valence-electron chi connectivity index (χ0n) is 12.8. The standard InChI is InChI=1S/C17H24N2O/c1-5-16(12(2)3)19-17(20)15-9-8-13(4)14(11-15)7-6-10-18/h8-9,11-12,16H,5,10,18H2,1-4H3,(H,19,20). The summed E-state index contributed by atoms with van der Waals surface area (Å²) in [5.41, 5.74) is 7.95. The number of hydrogen-bond donors (Lipinski definition) is 2. The third-order valence-electron chi connectivity index (χ3n) is 3.39. The van der Waals surface area contributed by atoms with Gasteiger partial charge in [-0.05, 0) is 37.0 Å². The van der Waals surface area contributed by atoms with Gasteiger partial charge in [0.15, 0.2) is 0 Å². The van der Waals surface area contributed by atoms with E-state index in [1.54, 1.807) is 0 Å². The summed E-state index contributed by atoms with van der Waals surface area (Å²) in [6, 6.07) is 5.79. The molecule has 1 amide bonds. The van der Waals surface area contributed by atoms with Crippen LogP contribution in [-0.2, 0) is 0 Å². The molecule has 108 valence electrons. The number of carbonyl (C=O) groups is 1. The first-order valence-electron chi connectivity index (χ1n) is 7.10. The van der Waals surface area contributed by atoms with Crippen LogP contribution >= 0.6 is 0 Å². The van der Waals surface area contributed by atoms with Gasteiger partial charge in [-0.25, -0.2) is 0 Å². The van der Waals surface area contributed by atoms with Crippen molar-refractivity contribution in [1.82, 2.24) is 5.32 Å². The Bertz CT molecular complexity index is 524. The van der Waals surface area contributed by atoms with Crippen LogP contribution in [-0.4, -0.2) is 18.5 Å². The molecule has 0 aliphatic carbocycles. The van der Waals surface area contributed by atoms with Gasteiger partial charge in [0.2, 0.25) is 0 Å². The fourth-order valence-corrected chi connectivity index (χ4v) is 2.04. The van der Waals surface area contributed by atoms with Crippen LogP contribution in [0.1, 0.15) is 48.7 Å². The van der Waals surface area contributed by atoms with Gasteiger partial charge in [0.25, 0.3) is 5.91 Å². The summed E-state index contributed by atoms with van der Waals surface area (Å²) in [5, 5.41) is 3.07. The Morgan fingerprint density at radius 2 is 2.10 bits per heavy atom. The first kappa shape index (κ1) is 16.3. The van der Waals surface area contributed by atoms with Gasteiger partial charge >= 0.3 is 0 Å². The fourth-order valence-electron chi connectivity index (χ4n) is 2.04. The van der Waals surface area contributed by atoms with Crippen LogP contribution < -0.4 is 11.1 Å². The van der Waals surface area contributed by atoms with E-state index in [9.17, 15) is 4.79 Å². The Labute approximate surface area is 121 Å². The molecule has 0 aliphatic rings. The molecule has 0 spiro atoms. The van der Waals surface area contributed by atoms with E-state index in [0.717, 1.165) is 17.5 Å². The minimum atomic E-state index is -0.0404. The van der Waals surface area contributed by atoms with Gasteiger partial charge in [0, 0.05) is 17.2 Å². The Morgan fingerprint density at radius 1 is 1.40 bits per heavy atom. The molecule has 0 fully saturated rings. The second-order valence-electron chi connectivity index (χ2n) is 5.27. The second kappa shape index (κ2) is 7.72. The summed E-state index contributed by atoms with van der Waals surface area (Å²) in [5.74, 6) is 6.21. The number of hydrogen-bond acceptors (Lipinski definition) is 2. The molecule has 3 nitrogen and oxygen atoms in total. The lowest BCUT2D eigenvalue weighted by molar-refractivity contribution is 0.0924. The highest BCUT2D eigenvalue weighted by Crippen LogP contribution is 2.12. The highest BCUT2D eigenvalue weighted by Gasteiger charge is 2.15. The number of nitrogens with two attached hydrogens (primary N) is 1. The largest absolute Gasteiger partial charge is 0.349 e. The normalized spacial score (nSPS) is 11.7. The SMILES string of the molecule is CCC(NC(=O)c1ccc(C)c(C#CCN)c1)C(C)C. The Kier molecular flexibility index (Phi) is 6.27. The first-order valence-corrected chi connectivity index (χ1v) is 7.10. The van der Waals surface area contributed by atoms with Gasteiger partial charge in [0.1, 0.15) is 0 Å². The minimum absolute atomic E-state index is 0.0404. The Hall–Kier alpha value is -1.79. The summed E-state index contributed by atoms with van der Waals surface area (Å²) >= 11 is 0. The fraction of sp³-hybridized carbons (Fsp3) is 0.471. The number of rotatable bonds is 4. The van der Waals surface area contributed by atoms with E-state index < -0.39 is 0 Å². The highest BCUT2D eigenvalue weighted by atomic mass is 16.1. The molecule has 0 saturated heterocycles. The molecule has 1 atom stereocenters. The molecule has 1 unspecified atom stereocenters. The Morgan fingerprint density at radius 3 is 2.65 bits per heavy atom. The Balaban J connectivity index is 2.94. The van der Waals surface area contributed by atoms with E-state index in [0.29, 0.717) is 18.0 Å².